The van der Waals surface area contributed by atoms with Crippen molar-refractivity contribution in [1.82, 2.24) is 19.8 Å². The highest BCUT2D eigenvalue weighted by atomic mass is 35.5. The molecule has 4 aliphatic rings. The maximum atomic E-state index is 17.4. The van der Waals surface area contributed by atoms with Gasteiger partial charge in [-0.25, -0.2) is 22.0 Å². The van der Waals surface area contributed by atoms with Crippen LogP contribution in [0.4, 0.5) is 32.8 Å². The van der Waals surface area contributed by atoms with Gasteiger partial charge in [0.2, 0.25) is 5.91 Å². The van der Waals surface area contributed by atoms with Gasteiger partial charge in [0.05, 0.1) is 38.9 Å². The molecule has 52 heavy (non-hydrogen) atoms. The summed E-state index contributed by atoms with van der Waals surface area (Å²) in [6, 6.07) is 2.22. The summed E-state index contributed by atoms with van der Waals surface area (Å²) in [6.07, 6.45) is -2.07. The summed E-state index contributed by atoms with van der Waals surface area (Å²) in [5, 5.41) is 9.90. The van der Waals surface area contributed by atoms with Crippen molar-refractivity contribution in [3.05, 3.63) is 34.4 Å². The number of amides is 1. The van der Waals surface area contributed by atoms with Crippen LogP contribution in [-0.2, 0) is 4.79 Å². The number of nitrogens with zero attached hydrogens (tertiary/aromatic N) is 6. The molecule has 0 saturated carbocycles. The topological polar surface area (TPSA) is 121 Å². The number of nitrogens with two attached hydrogens (primary N) is 1. The number of benzene rings is 2. The average Bonchev–Trinajstić information content (AvgIpc) is 3.75. The van der Waals surface area contributed by atoms with Crippen molar-refractivity contribution in [2.45, 2.75) is 68.7 Å². The predicted octanol–water partition coefficient (Wildman–Crippen LogP) is 6.70. The Balaban J connectivity index is 1.35. The highest BCUT2D eigenvalue weighted by Crippen LogP contribution is 2.51. The summed E-state index contributed by atoms with van der Waals surface area (Å²) < 4.78 is 88.0. The fourth-order valence-electron chi connectivity index (χ4n) is 8.45. The third kappa shape index (κ3) is 5.46. The minimum absolute atomic E-state index is 0.00441. The van der Waals surface area contributed by atoms with Gasteiger partial charge in [-0.2, -0.15) is 15.2 Å². The van der Waals surface area contributed by atoms with E-state index in [9.17, 15) is 23.2 Å². The molecule has 0 spiro atoms. The lowest BCUT2D eigenvalue weighted by Crippen LogP contribution is -2.51. The molecule has 2 aromatic carbocycles. The zero-order valence-electron chi connectivity index (χ0n) is 27.9. The van der Waals surface area contributed by atoms with Crippen LogP contribution in [0.2, 0.25) is 5.02 Å². The molecule has 2 unspecified atom stereocenters. The minimum atomic E-state index is -2.81. The Labute approximate surface area is 303 Å². The van der Waals surface area contributed by atoms with Crippen LogP contribution in [0.5, 0.6) is 11.8 Å². The van der Waals surface area contributed by atoms with Crippen molar-refractivity contribution in [1.29, 1.82) is 5.26 Å². The van der Waals surface area contributed by atoms with Crippen LogP contribution >= 0.6 is 22.9 Å². The average molecular weight is 762 g/mol. The van der Waals surface area contributed by atoms with Crippen LogP contribution in [-0.4, -0.2) is 95.8 Å². The first-order chi connectivity index (χ1) is 24.9. The quantitative estimate of drug-likeness (QED) is 0.222. The maximum absolute atomic E-state index is 17.4. The molecule has 2 aromatic heterocycles. The van der Waals surface area contributed by atoms with Crippen molar-refractivity contribution in [2.75, 3.05) is 50.5 Å². The van der Waals surface area contributed by atoms with Crippen molar-refractivity contribution in [3.8, 4) is 29.0 Å². The van der Waals surface area contributed by atoms with Gasteiger partial charge in [-0.1, -0.05) is 17.7 Å². The molecule has 6 heterocycles. The van der Waals surface area contributed by atoms with Crippen LogP contribution in [0.25, 0.3) is 32.1 Å². The summed E-state index contributed by atoms with van der Waals surface area (Å²) >= 11 is 7.87. The molecule has 4 atom stereocenters. The number of fused-ring (bicyclic) bond motifs is 4. The molecule has 0 aliphatic carbocycles. The van der Waals surface area contributed by atoms with Gasteiger partial charge in [-0.05, 0) is 37.4 Å². The molecule has 0 bridgehead atoms. The van der Waals surface area contributed by atoms with Gasteiger partial charge in [-0.3, -0.25) is 9.69 Å². The van der Waals surface area contributed by atoms with E-state index in [2.05, 4.69) is 4.98 Å². The van der Waals surface area contributed by atoms with E-state index < -0.39 is 47.8 Å². The van der Waals surface area contributed by atoms with E-state index >= 15 is 8.78 Å². The summed E-state index contributed by atoms with van der Waals surface area (Å²) in [5.74, 6) is -2.05. The zero-order valence-corrected chi connectivity index (χ0v) is 29.5. The number of alkyl halides is 3. The molecule has 274 valence electrons. The standard InChI is InChI=1S/C35H33ClF5N7O3S/c1-46-21(31(40)41)5-9-48-17(11-22(46)49)6-10-50-29-25-28(44-34(45-33(25)48)51-15-35-7-2-8-47(35)14-16(37)12-35)27(39)24(26(29)36)18-3-4-20(38)30-23(18)19(13-42)32(43)52-30/h3-4,16-17,21,31H,2,5-12,14-15,43H2,1H3/t16-,17?,21?,35+/m1/s1. The monoisotopic (exact) mass is 761 g/mol. The molecule has 1 amide bonds. The van der Waals surface area contributed by atoms with E-state index in [0.29, 0.717) is 13.0 Å². The number of halogens is 6. The number of ether oxygens (including phenoxy) is 2. The number of nitrogen functional groups attached to an aromatic ring is 1. The van der Waals surface area contributed by atoms with E-state index in [1.165, 1.54) is 13.1 Å². The molecular weight excluding hydrogens is 729 g/mol. The molecular formula is C35H33ClF5N7O3S. The number of nitriles is 1. The second-order valence-corrected chi connectivity index (χ2v) is 15.3. The van der Waals surface area contributed by atoms with E-state index in [1.807, 2.05) is 11.0 Å². The lowest BCUT2D eigenvalue weighted by atomic mass is 9.95. The highest BCUT2D eigenvalue weighted by Gasteiger charge is 2.49. The van der Waals surface area contributed by atoms with Gasteiger partial charge >= 0.3 is 6.01 Å². The number of thiophene rings is 1. The van der Waals surface area contributed by atoms with Crippen molar-refractivity contribution in [3.63, 3.8) is 0 Å². The summed E-state index contributed by atoms with van der Waals surface area (Å²) in [5.41, 5.74) is 5.00. The van der Waals surface area contributed by atoms with Gasteiger partial charge in [0.1, 0.15) is 41.0 Å². The Morgan fingerprint density at radius 3 is 2.81 bits per heavy atom. The number of hydrogen-bond acceptors (Lipinski definition) is 10. The smallest absolute Gasteiger partial charge is 0.319 e. The SMILES string of the molecule is CN1C(=O)CC2CCOc3c(Cl)c(-c4ccc(F)c5sc(N)c(C#N)c45)c(F)c4nc(OC[C@@]56CCCN5C[C@H](F)C6)nc(c34)N2CCC1C(F)F. The second-order valence-electron chi connectivity index (χ2n) is 13.9. The van der Waals surface area contributed by atoms with Crippen LogP contribution in [0.3, 0.4) is 0 Å². The molecule has 10 nitrogen and oxygen atoms in total. The van der Waals surface area contributed by atoms with E-state index in [-0.39, 0.29) is 117 Å². The van der Waals surface area contributed by atoms with Gasteiger partial charge in [-0.15, -0.1) is 11.3 Å². The van der Waals surface area contributed by atoms with E-state index in [1.54, 1.807) is 4.90 Å². The van der Waals surface area contributed by atoms with Crippen LogP contribution in [0.1, 0.15) is 44.1 Å². The van der Waals surface area contributed by atoms with Gasteiger partial charge < -0.3 is 25.0 Å². The first-order valence-corrected chi connectivity index (χ1v) is 18.2. The minimum Gasteiger partial charge on any atom is -0.491 e. The van der Waals surface area contributed by atoms with Gasteiger partial charge in [0, 0.05) is 56.4 Å². The lowest BCUT2D eigenvalue weighted by Gasteiger charge is -2.40. The molecule has 2 N–H and O–H groups in total. The third-order valence-corrected chi connectivity index (χ3v) is 12.4. The highest BCUT2D eigenvalue weighted by molar-refractivity contribution is 7.23. The summed E-state index contributed by atoms with van der Waals surface area (Å²) in [7, 11) is 1.36. The van der Waals surface area contributed by atoms with Crippen molar-refractivity contribution >= 4 is 60.7 Å². The molecule has 4 aliphatic heterocycles. The first kappa shape index (κ1) is 34.9. The molecule has 17 heteroatoms. The number of hydrogen-bond donors (Lipinski definition) is 1. The molecule has 8 rings (SSSR count). The van der Waals surface area contributed by atoms with Gasteiger partial charge in [0.15, 0.2) is 11.6 Å². The molecule has 0 radical (unpaired) electrons. The third-order valence-electron chi connectivity index (χ3n) is 11.0. The molecule has 4 aromatic rings. The Morgan fingerprint density at radius 2 is 2.04 bits per heavy atom. The summed E-state index contributed by atoms with van der Waals surface area (Å²) in [6.45, 7) is 1.02. The normalized spacial score (nSPS) is 25.1. The largest absolute Gasteiger partial charge is 0.491 e. The fourth-order valence-corrected chi connectivity index (χ4v) is 9.74. The zero-order chi connectivity index (χ0) is 36.6. The maximum Gasteiger partial charge on any atom is 0.319 e. The predicted molar refractivity (Wildman–Crippen MR) is 186 cm³/mol. The van der Waals surface area contributed by atoms with Crippen LogP contribution < -0.4 is 20.1 Å². The number of rotatable bonds is 5. The second kappa shape index (κ2) is 13.0. The van der Waals surface area contributed by atoms with Crippen LogP contribution in [0.15, 0.2) is 12.1 Å². The fraction of sp³-hybridized carbons (Fsp3) is 0.486. The number of aromatic nitrogens is 2. The van der Waals surface area contributed by atoms with Crippen molar-refractivity contribution in [2.24, 2.45) is 0 Å². The van der Waals surface area contributed by atoms with E-state index in [0.717, 1.165) is 28.7 Å². The van der Waals surface area contributed by atoms with Crippen LogP contribution in [0, 0.1) is 23.0 Å². The Hall–Kier alpha value is -4.20. The van der Waals surface area contributed by atoms with Crippen molar-refractivity contribution < 1.29 is 36.2 Å². The van der Waals surface area contributed by atoms with E-state index in [4.69, 9.17) is 31.8 Å². The first-order valence-electron chi connectivity index (χ1n) is 17.0. The lowest BCUT2D eigenvalue weighted by molar-refractivity contribution is -0.136. The molecule has 3 saturated heterocycles. The summed E-state index contributed by atoms with van der Waals surface area (Å²) in [4.78, 5) is 27.3. The Bertz CT molecular complexity index is 2170. The Morgan fingerprint density at radius 1 is 1.23 bits per heavy atom. The number of anilines is 2. The number of carbonyl (C=O) groups excluding carboxylic acids is 1. The van der Waals surface area contributed by atoms with Gasteiger partial charge in [0.25, 0.3) is 6.43 Å². The Kier molecular flexibility index (Phi) is 8.74. The molecule has 3 fully saturated rings. The number of carbonyl (C=O) groups is 1.